The molecule has 100 valence electrons. The minimum atomic E-state index is -0.0466. The van der Waals surface area contributed by atoms with Crippen LogP contribution in [0.2, 0.25) is 0 Å². The van der Waals surface area contributed by atoms with Gasteiger partial charge in [-0.3, -0.25) is 4.90 Å². The van der Waals surface area contributed by atoms with Crippen molar-refractivity contribution in [3.05, 3.63) is 0 Å². The van der Waals surface area contributed by atoms with Crippen LogP contribution >= 0.6 is 0 Å². The zero-order chi connectivity index (χ0) is 12.3. The molecule has 0 amide bonds. The molecule has 0 spiro atoms. The van der Waals surface area contributed by atoms with E-state index in [1.54, 1.807) is 0 Å². The van der Waals surface area contributed by atoms with Gasteiger partial charge in [0.25, 0.3) is 0 Å². The van der Waals surface area contributed by atoms with Crippen LogP contribution in [0.25, 0.3) is 0 Å². The fraction of sp³-hybridized carbons (Fsp3) is 1.00. The fourth-order valence-electron chi connectivity index (χ4n) is 3.10. The molecule has 2 heterocycles. The van der Waals surface area contributed by atoms with Crippen LogP contribution in [0.4, 0.5) is 0 Å². The van der Waals surface area contributed by atoms with Gasteiger partial charge in [0, 0.05) is 31.7 Å². The number of aliphatic hydroxyl groups excluding tert-OH is 1. The van der Waals surface area contributed by atoms with E-state index in [-0.39, 0.29) is 12.0 Å². The molecule has 3 atom stereocenters. The van der Waals surface area contributed by atoms with Crippen molar-refractivity contribution in [2.24, 2.45) is 5.41 Å². The van der Waals surface area contributed by atoms with Crippen LogP contribution in [-0.2, 0) is 9.47 Å². The van der Waals surface area contributed by atoms with E-state index in [9.17, 15) is 5.11 Å². The predicted molar refractivity (Wildman–Crippen MR) is 66.0 cm³/mol. The second-order valence-electron chi connectivity index (χ2n) is 5.77. The molecule has 2 rings (SSSR count). The summed E-state index contributed by atoms with van der Waals surface area (Å²) in [5.74, 6) is 0. The van der Waals surface area contributed by atoms with Gasteiger partial charge in [0.1, 0.15) is 0 Å². The highest BCUT2D eigenvalue weighted by Gasteiger charge is 2.36. The lowest BCUT2D eigenvalue weighted by atomic mass is 9.82. The normalized spacial score (nSPS) is 40.4. The van der Waals surface area contributed by atoms with Crippen molar-refractivity contribution in [2.45, 2.75) is 38.9 Å². The molecule has 4 nitrogen and oxygen atoms in total. The van der Waals surface area contributed by atoms with E-state index in [1.165, 1.54) is 0 Å². The van der Waals surface area contributed by atoms with Crippen LogP contribution in [0.15, 0.2) is 0 Å². The molecule has 2 saturated heterocycles. The SMILES string of the molecule is CC1CN(CC2(CO)CCCOC2)CC(C)O1. The van der Waals surface area contributed by atoms with Gasteiger partial charge in [-0.2, -0.15) is 0 Å². The Morgan fingerprint density at radius 1 is 1.29 bits per heavy atom. The molecule has 1 N–H and O–H groups in total. The summed E-state index contributed by atoms with van der Waals surface area (Å²) in [7, 11) is 0. The quantitative estimate of drug-likeness (QED) is 0.799. The van der Waals surface area contributed by atoms with Crippen LogP contribution in [0, 0.1) is 5.41 Å². The average Bonchev–Trinajstić information content (AvgIpc) is 2.29. The number of hydrogen-bond donors (Lipinski definition) is 1. The Balaban J connectivity index is 1.93. The molecule has 4 heteroatoms. The van der Waals surface area contributed by atoms with Gasteiger partial charge in [-0.25, -0.2) is 0 Å². The molecule has 0 aromatic heterocycles. The summed E-state index contributed by atoms with van der Waals surface area (Å²) in [6, 6.07) is 0. The van der Waals surface area contributed by atoms with E-state index in [0.717, 1.165) is 39.1 Å². The van der Waals surface area contributed by atoms with E-state index >= 15 is 0 Å². The number of aliphatic hydroxyl groups is 1. The van der Waals surface area contributed by atoms with Crippen molar-refractivity contribution >= 4 is 0 Å². The first-order valence-corrected chi connectivity index (χ1v) is 6.70. The van der Waals surface area contributed by atoms with Crippen LogP contribution in [0.5, 0.6) is 0 Å². The first kappa shape index (κ1) is 13.3. The predicted octanol–water partition coefficient (Wildman–Crippen LogP) is 0.885. The zero-order valence-corrected chi connectivity index (χ0v) is 11.0. The molecule has 2 aliphatic rings. The van der Waals surface area contributed by atoms with Crippen molar-refractivity contribution < 1.29 is 14.6 Å². The van der Waals surface area contributed by atoms with Crippen molar-refractivity contribution in [1.82, 2.24) is 4.90 Å². The largest absolute Gasteiger partial charge is 0.396 e. The van der Waals surface area contributed by atoms with Crippen molar-refractivity contribution in [2.75, 3.05) is 39.5 Å². The summed E-state index contributed by atoms with van der Waals surface area (Å²) in [5.41, 5.74) is -0.0466. The number of nitrogens with zero attached hydrogens (tertiary/aromatic N) is 1. The van der Waals surface area contributed by atoms with Gasteiger partial charge in [-0.05, 0) is 26.7 Å². The highest BCUT2D eigenvalue weighted by Crippen LogP contribution is 2.30. The number of morpholine rings is 1. The van der Waals surface area contributed by atoms with E-state index in [1.807, 2.05) is 0 Å². The van der Waals surface area contributed by atoms with Gasteiger partial charge in [0.05, 0.1) is 25.4 Å². The van der Waals surface area contributed by atoms with Gasteiger partial charge < -0.3 is 14.6 Å². The summed E-state index contributed by atoms with van der Waals surface area (Å²) >= 11 is 0. The Hall–Kier alpha value is -0.160. The van der Waals surface area contributed by atoms with Gasteiger partial charge in [-0.15, -0.1) is 0 Å². The second kappa shape index (κ2) is 5.65. The molecule has 0 aromatic carbocycles. The third kappa shape index (κ3) is 3.41. The van der Waals surface area contributed by atoms with Gasteiger partial charge in [0.2, 0.25) is 0 Å². The molecular weight excluding hydrogens is 218 g/mol. The Bertz CT molecular complexity index is 231. The first-order valence-electron chi connectivity index (χ1n) is 6.70. The Kier molecular flexibility index (Phi) is 4.42. The smallest absolute Gasteiger partial charge is 0.0678 e. The molecule has 0 bridgehead atoms. The Morgan fingerprint density at radius 2 is 2.00 bits per heavy atom. The standard InChI is InChI=1S/C13H25NO3/c1-11-6-14(7-12(2)17-11)8-13(9-15)4-3-5-16-10-13/h11-12,15H,3-10H2,1-2H3. The van der Waals surface area contributed by atoms with Gasteiger partial charge in [-0.1, -0.05) is 0 Å². The van der Waals surface area contributed by atoms with E-state index in [0.29, 0.717) is 18.8 Å². The van der Waals surface area contributed by atoms with Crippen LogP contribution < -0.4 is 0 Å². The van der Waals surface area contributed by atoms with E-state index in [2.05, 4.69) is 18.7 Å². The average molecular weight is 243 g/mol. The molecule has 0 aliphatic carbocycles. The second-order valence-corrected chi connectivity index (χ2v) is 5.77. The molecular formula is C13H25NO3. The maximum Gasteiger partial charge on any atom is 0.0678 e. The van der Waals surface area contributed by atoms with Gasteiger partial charge in [0.15, 0.2) is 0 Å². The molecule has 2 fully saturated rings. The zero-order valence-electron chi connectivity index (χ0n) is 11.0. The molecule has 0 saturated carbocycles. The number of hydrogen-bond acceptors (Lipinski definition) is 4. The summed E-state index contributed by atoms with van der Waals surface area (Å²) in [5, 5.41) is 9.67. The number of rotatable bonds is 3. The van der Waals surface area contributed by atoms with Crippen molar-refractivity contribution in [1.29, 1.82) is 0 Å². The van der Waals surface area contributed by atoms with E-state index < -0.39 is 0 Å². The third-order valence-corrected chi connectivity index (χ3v) is 3.79. The molecule has 17 heavy (non-hydrogen) atoms. The lowest BCUT2D eigenvalue weighted by Crippen LogP contribution is -2.52. The van der Waals surface area contributed by atoms with Crippen LogP contribution in [-0.4, -0.2) is 61.7 Å². The maximum atomic E-state index is 9.67. The molecule has 3 unspecified atom stereocenters. The van der Waals surface area contributed by atoms with Crippen molar-refractivity contribution in [3.63, 3.8) is 0 Å². The molecule has 0 radical (unpaired) electrons. The highest BCUT2D eigenvalue weighted by atomic mass is 16.5. The highest BCUT2D eigenvalue weighted by molar-refractivity contribution is 4.87. The lowest BCUT2D eigenvalue weighted by molar-refractivity contribution is -0.103. The summed E-state index contributed by atoms with van der Waals surface area (Å²) in [6.07, 6.45) is 2.72. The van der Waals surface area contributed by atoms with Crippen LogP contribution in [0.1, 0.15) is 26.7 Å². The monoisotopic (exact) mass is 243 g/mol. The third-order valence-electron chi connectivity index (χ3n) is 3.79. The molecule has 0 aromatic rings. The summed E-state index contributed by atoms with van der Waals surface area (Å²) < 4.78 is 11.3. The minimum Gasteiger partial charge on any atom is -0.396 e. The molecule has 2 aliphatic heterocycles. The minimum absolute atomic E-state index is 0.0466. The van der Waals surface area contributed by atoms with Gasteiger partial charge >= 0.3 is 0 Å². The maximum absolute atomic E-state index is 9.67. The first-order chi connectivity index (χ1) is 8.13. The fourth-order valence-corrected chi connectivity index (χ4v) is 3.10. The van der Waals surface area contributed by atoms with Crippen molar-refractivity contribution in [3.8, 4) is 0 Å². The lowest BCUT2D eigenvalue weighted by Gasteiger charge is -2.43. The van der Waals surface area contributed by atoms with Crippen LogP contribution in [0.3, 0.4) is 0 Å². The number of ether oxygens (including phenoxy) is 2. The Labute approximate surface area is 104 Å². The Morgan fingerprint density at radius 3 is 2.53 bits per heavy atom. The summed E-state index contributed by atoms with van der Waals surface area (Å²) in [4.78, 5) is 2.42. The topological polar surface area (TPSA) is 41.9 Å². The summed E-state index contributed by atoms with van der Waals surface area (Å²) in [6.45, 7) is 8.87. The van der Waals surface area contributed by atoms with E-state index in [4.69, 9.17) is 9.47 Å².